The molecule has 6 nitrogen and oxygen atoms in total. The first-order valence-corrected chi connectivity index (χ1v) is 11.5. The van der Waals surface area contributed by atoms with Gasteiger partial charge in [-0.1, -0.05) is 36.8 Å². The first-order valence-electron chi connectivity index (χ1n) is 10.0. The molecule has 152 valence electrons. The molecule has 1 heterocycles. The van der Waals surface area contributed by atoms with Gasteiger partial charge in [-0.25, -0.2) is 13.1 Å². The number of carbonyl (C=O) groups excluding carboxylic acids is 1. The maximum absolute atomic E-state index is 12.4. The summed E-state index contributed by atoms with van der Waals surface area (Å²) in [6, 6.07) is 12.6. The van der Waals surface area contributed by atoms with Gasteiger partial charge in [-0.2, -0.15) is 0 Å². The van der Waals surface area contributed by atoms with Crippen molar-refractivity contribution in [3.05, 3.63) is 42.5 Å². The van der Waals surface area contributed by atoms with Gasteiger partial charge in [0, 0.05) is 19.5 Å². The SMILES string of the molecule is O=C(CCNS(=O)(=O)c1ccc2ccccc2c1)NCCCN1CCCCC1. The number of nitrogens with zero attached hydrogens (tertiary/aromatic N) is 1. The Morgan fingerprint density at radius 1 is 0.964 bits per heavy atom. The first kappa shape index (κ1) is 20.8. The van der Waals surface area contributed by atoms with Gasteiger partial charge in [-0.15, -0.1) is 0 Å². The second-order valence-corrected chi connectivity index (χ2v) is 9.03. The van der Waals surface area contributed by atoms with Crippen molar-refractivity contribution in [2.45, 2.75) is 37.0 Å². The molecule has 0 spiro atoms. The van der Waals surface area contributed by atoms with Gasteiger partial charge in [-0.3, -0.25) is 4.79 Å². The topological polar surface area (TPSA) is 78.5 Å². The normalized spacial score (nSPS) is 15.6. The van der Waals surface area contributed by atoms with Crippen LogP contribution in [-0.4, -0.2) is 51.9 Å². The highest BCUT2D eigenvalue weighted by Crippen LogP contribution is 2.18. The monoisotopic (exact) mass is 403 g/mol. The summed E-state index contributed by atoms with van der Waals surface area (Å²) in [5, 5.41) is 4.74. The number of rotatable bonds is 9. The third-order valence-corrected chi connectivity index (χ3v) is 6.56. The number of hydrogen-bond donors (Lipinski definition) is 2. The van der Waals surface area contributed by atoms with Crippen LogP contribution in [0.15, 0.2) is 47.4 Å². The fourth-order valence-corrected chi connectivity index (χ4v) is 4.59. The zero-order valence-electron chi connectivity index (χ0n) is 16.2. The van der Waals surface area contributed by atoms with Gasteiger partial charge in [0.1, 0.15) is 0 Å². The maximum atomic E-state index is 12.4. The Bertz CT molecular complexity index is 893. The van der Waals surface area contributed by atoms with E-state index < -0.39 is 10.0 Å². The average molecular weight is 404 g/mol. The van der Waals surface area contributed by atoms with E-state index in [2.05, 4.69) is 14.9 Å². The molecule has 0 saturated carbocycles. The van der Waals surface area contributed by atoms with Crippen LogP contribution in [0.25, 0.3) is 10.8 Å². The predicted molar refractivity (Wildman–Crippen MR) is 112 cm³/mol. The average Bonchev–Trinajstić information content (AvgIpc) is 2.71. The predicted octanol–water partition coefficient (Wildman–Crippen LogP) is 2.50. The lowest BCUT2D eigenvalue weighted by Gasteiger charge is -2.26. The van der Waals surface area contributed by atoms with Gasteiger partial charge in [0.25, 0.3) is 0 Å². The van der Waals surface area contributed by atoms with E-state index in [0.29, 0.717) is 6.54 Å². The molecule has 3 rings (SSSR count). The molecule has 28 heavy (non-hydrogen) atoms. The molecule has 0 bridgehead atoms. The Labute approximate surface area is 167 Å². The molecule has 2 aromatic rings. The van der Waals surface area contributed by atoms with Crippen molar-refractivity contribution in [3.8, 4) is 0 Å². The van der Waals surface area contributed by atoms with E-state index in [1.807, 2.05) is 24.3 Å². The fraction of sp³-hybridized carbons (Fsp3) is 0.476. The Balaban J connectivity index is 1.38. The Morgan fingerprint density at radius 3 is 2.50 bits per heavy atom. The Hall–Kier alpha value is -1.96. The molecule has 0 aromatic heterocycles. The third-order valence-electron chi connectivity index (χ3n) is 5.10. The number of carbonyl (C=O) groups is 1. The second-order valence-electron chi connectivity index (χ2n) is 7.26. The van der Waals surface area contributed by atoms with E-state index in [0.717, 1.165) is 36.8 Å². The number of likely N-dealkylation sites (tertiary alicyclic amines) is 1. The van der Waals surface area contributed by atoms with E-state index >= 15 is 0 Å². The molecule has 7 heteroatoms. The molecule has 1 fully saturated rings. The number of piperidine rings is 1. The van der Waals surface area contributed by atoms with E-state index in [9.17, 15) is 13.2 Å². The minimum Gasteiger partial charge on any atom is -0.356 e. The highest BCUT2D eigenvalue weighted by atomic mass is 32.2. The van der Waals surface area contributed by atoms with Crippen molar-refractivity contribution < 1.29 is 13.2 Å². The number of sulfonamides is 1. The second kappa shape index (κ2) is 10.0. The van der Waals surface area contributed by atoms with Gasteiger partial charge >= 0.3 is 0 Å². The van der Waals surface area contributed by atoms with Crippen LogP contribution in [0.4, 0.5) is 0 Å². The van der Waals surface area contributed by atoms with Crippen LogP contribution >= 0.6 is 0 Å². The largest absolute Gasteiger partial charge is 0.356 e. The molecule has 2 aromatic carbocycles. The van der Waals surface area contributed by atoms with Crippen molar-refractivity contribution in [2.75, 3.05) is 32.7 Å². The van der Waals surface area contributed by atoms with Crippen molar-refractivity contribution >= 4 is 26.7 Å². The summed E-state index contributed by atoms with van der Waals surface area (Å²) in [6.45, 7) is 4.05. The highest BCUT2D eigenvalue weighted by Gasteiger charge is 2.15. The van der Waals surface area contributed by atoms with E-state index in [-0.39, 0.29) is 23.8 Å². The van der Waals surface area contributed by atoms with Crippen molar-refractivity contribution in [1.82, 2.24) is 14.9 Å². The molecular formula is C21H29N3O3S. The number of hydrogen-bond acceptors (Lipinski definition) is 4. The van der Waals surface area contributed by atoms with Crippen molar-refractivity contribution in [2.24, 2.45) is 0 Å². The molecular weight excluding hydrogens is 374 g/mol. The summed E-state index contributed by atoms with van der Waals surface area (Å²) in [5.74, 6) is -0.125. The van der Waals surface area contributed by atoms with E-state index in [1.165, 1.54) is 19.3 Å². The molecule has 1 aliphatic heterocycles. The minimum atomic E-state index is -3.62. The van der Waals surface area contributed by atoms with Gasteiger partial charge < -0.3 is 10.2 Å². The lowest BCUT2D eigenvalue weighted by molar-refractivity contribution is -0.120. The molecule has 0 atom stereocenters. The van der Waals surface area contributed by atoms with Crippen LogP contribution in [0.2, 0.25) is 0 Å². The van der Waals surface area contributed by atoms with Crippen LogP contribution in [-0.2, 0) is 14.8 Å². The summed E-state index contributed by atoms with van der Waals surface area (Å²) in [5.41, 5.74) is 0. The van der Waals surface area contributed by atoms with Crippen LogP contribution in [0.5, 0.6) is 0 Å². The number of benzene rings is 2. The molecule has 0 aliphatic carbocycles. The number of fused-ring (bicyclic) bond motifs is 1. The van der Waals surface area contributed by atoms with E-state index in [4.69, 9.17) is 0 Å². The quantitative estimate of drug-likeness (QED) is 0.631. The van der Waals surface area contributed by atoms with E-state index in [1.54, 1.807) is 18.2 Å². The molecule has 0 radical (unpaired) electrons. The third kappa shape index (κ3) is 6.02. The molecule has 2 N–H and O–H groups in total. The minimum absolute atomic E-state index is 0.0904. The van der Waals surface area contributed by atoms with Crippen molar-refractivity contribution in [3.63, 3.8) is 0 Å². The van der Waals surface area contributed by atoms with Crippen LogP contribution in [0.1, 0.15) is 32.1 Å². The zero-order chi connectivity index (χ0) is 19.8. The summed E-state index contributed by atoms with van der Waals surface area (Å²) < 4.78 is 27.4. The Kier molecular flexibility index (Phi) is 7.42. The standard InChI is InChI=1S/C21H29N3O3S/c25-21(22-12-6-16-24-14-4-1-5-15-24)11-13-23-28(26,27)20-10-9-18-7-2-3-8-19(18)17-20/h2-3,7-10,17,23H,1,4-6,11-16H2,(H,22,25). The molecule has 0 unspecified atom stereocenters. The van der Waals surface area contributed by atoms with Crippen LogP contribution in [0.3, 0.4) is 0 Å². The molecule has 1 saturated heterocycles. The molecule has 1 amide bonds. The zero-order valence-corrected chi connectivity index (χ0v) is 17.0. The van der Waals surface area contributed by atoms with Crippen LogP contribution < -0.4 is 10.0 Å². The lowest BCUT2D eigenvalue weighted by atomic mass is 10.1. The summed E-state index contributed by atoms with van der Waals surface area (Å²) >= 11 is 0. The van der Waals surface area contributed by atoms with Gasteiger partial charge in [0.05, 0.1) is 4.90 Å². The number of nitrogens with one attached hydrogen (secondary N) is 2. The van der Waals surface area contributed by atoms with Gasteiger partial charge in [0.15, 0.2) is 0 Å². The van der Waals surface area contributed by atoms with Crippen molar-refractivity contribution in [1.29, 1.82) is 0 Å². The Morgan fingerprint density at radius 2 is 1.71 bits per heavy atom. The maximum Gasteiger partial charge on any atom is 0.240 e. The summed E-state index contributed by atoms with van der Waals surface area (Å²) in [4.78, 5) is 14.6. The fourth-order valence-electron chi connectivity index (χ4n) is 3.52. The van der Waals surface area contributed by atoms with Gasteiger partial charge in [-0.05, 0) is 61.8 Å². The summed E-state index contributed by atoms with van der Waals surface area (Å²) in [6.07, 6.45) is 4.92. The number of amides is 1. The smallest absolute Gasteiger partial charge is 0.240 e. The summed E-state index contributed by atoms with van der Waals surface area (Å²) in [7, 11) is -3.62. The van der Waals surface area contributed by atoms with Crippen LogP contribution in [0, 0.1) is 0 Å². The van der Waals surface area contributed by atoms with Gasteiger partial charge in [0.2, 0.25) is 15.9 Å². The highest BCUT2D eigenvalue weighted by molar-refractivity contribution is 7.89. The molecule has 1 aliphatic rings. The lowest BCUT2D eigenvalue weighted by Crippen LogP contribution is -2.34. The first-order chi connectivity index (χ1) is 13.5.